The number of hydrogen-bond donors (Lipinski definition) is 0. The van der Waals surface area contributed by atoms with E-state index in [1.165, 1.54) is 29.5 Å². The first-order valence-electron chi connectivity index (χ1n) is 5.59. The van der Waals surface area contributed by atoms with Gasteiger partial charge in [-0.15, -0.1) is 0 Å². The van der Waals surface area contributed by atoms with E-state index in [4.69, 9.17) is 0 Å². The van der Waals surface area contributed by atoms with Gasteiger partial charge < -0.3 is 4.74 Å². The van der Waals surface area contributed by atoms with Gasteiger partial charge in [-0.2, -0.15) is 26.3 Å². The number of rotatable bonds is 3. The lowest BCUT2D eigenvalue weighted by Crippen LogP contribution is -2.18. The Hall–Kier alpha value is -1.00. The maximum atomic E-state index is 12.8. The fourth-order valence-corrected chi connectivity index (χ4v) is 2.25. The van der Waals surface area contributed by atoms with Crippen LogP contribution in [0, 0.1) is 3.57 Å². The molecule has 2 nitrogen and oxygen atoms in total. The number of esters is 1. The minimum Gasteiger partial charge on any atom is -0.466 e. The molecule has 0 aromatic heterocycles. The van der Waals surface area contributed by atoms with Gasteiger partial charge in [0.05, 0.1) is 24.2 Å². The van der Waals surface area contributed by atoms with Crippen LogP contribution in [0.5, 0.6) is 0 Å². The summed E-state index contributed by atoms with van der Waals surface area (Å²) in [5.74, 6) is -0.803. The molecule has 0 radical (unpaired) electrons. The van der Waals surface area contributed by atoms with Crippen LogP contribution >= 0.6 is 22.6 Å². The standard InChI is InChI=1S/C12H9F6IO2/c1-2-21-10(20)4-6-3-7(11(13,14)15)8(5-9(6)19)12(16,17)18/h3,5H,2,4H2,1H3. The normalized spacial score (nSPS) is 12.4. The molecule has 0 saturated heterocycles. The first-order chi connectivity index (χ1) is 9.46. The van der Waals surface area contributed by atoms with E-state index in [1.807, 2.05) is 0 Å². The molecule has 0 unspecified atom stereocenters. The SMILES string of the molecule is CCOC(=O)Cc1cc(C(F)(F)F)c(C(F)(F)F)cc1I. The number of carbonyl (C=O) groups excluding carboxylic acids is 1. The minimum absolute atomic E-state index is 0.0299. The molecule has 0 spiro atoms. The van der Waals surface area contributed by atoms with Crippen molar-refractivity contribution in [1.82, 2.24) is 0 Å². The van der Waals surface area contributed by atoms with Gasteiger partial charge in [-0.1, -0.05) is 0 Å². The molecule has 0 aliphatic rings. The molecule has 1 aromatic rings. The molecule has 0 amide bonds. The lowest BCUT2D eigenvalue weighted by atomic mass is 10.0. The van der Waals surface area contributed by atoms with Gasteiger partial charge in [-0.3, -0.25) is 4.79 Å². The first kappa shape index (κ1) is 18.1. The molecule has 0 bridgehead atoms. The van der Waals surface area contributed by atoms with Crippen LogP contribution < -0.4 is 0 Å². The minimum atomic E-state index is -5.17. The highest BCUT2D eigenvalue weighted by Crippen LogP contribution is 2.41. The third kappa shape index (κ3) is 4.75. The van der Waals surface area contributed by atoms with Gasteiger partial charge >= 0.3 is 18.3 Å². The van der Waals surface area contributed by atoms with E-state index in [0.29, 0.717) is 12.1 Å². The summed E-state index contributed by atoms with van der Waals surface area (Å²) in [6.07, 6.45) is -10.8. The molecule has 0 saturated carbocycles. The predicted octanol–water partition coefficient (Wildman–Crippen LogP) is 4.43. The third-order valence-corrected chi connectivity index (χ3v) is 3.44. The van der Waals surface area contributed by atoms with E-state index in [2.05, 4.69) is 4.74 Å². The maximum Gasteiger partial charge on any atom is 0.417 e. The number of halogens is 7. The van der Waals surface area contributed by atoms with E-state index in [9.17, 15) is 31.1 Å². The molecule has 0 N–H and O–H groups in total. The van der Waals surface area contributed by atoms with Crippen molar-refractivity contribution in [2.45, 2.75) is 25.7 Å². The second-order valence-electron chi connectivity index (χ2n) is 3.97. The summed E-state index contributed by atoms with van der Waals surface area (Å²) in [5.41, 5.74) is -3.74. The second kappa shape index (κ2) is 6.41. The second-order valence-corrected chi connectivity index (χ2v) is 5.13. The van der Waals surface area contributed by atoms with Crippen molar-refractivity contribution in [1.29, 1.82) is 0 Å². The number of benzene rings is 1. The molecule has 0 aliphatic carbocycles. The van der Waals surface area contributed by atoms with E-state index in [-0.39, 0.29) is 15.7 Å². The fraction of sp³-hybridized carbons (Fsp3) is 0.417. The van der Waals surface area contributed by atoms with Crippen LogP contribution in [0.2, 0.25) is 0 Å². The Morgan fingerprint density at radius 1 is 1.10 bits per heavy atom. The monoisotopic (exact) mass is 426 g/mol. The van der Waals surface area contributed by atoms with Crippen molar-refractivity contribution in [2.24, 2.45) is 0 Å². The van der Waals surface area contributed by atoms with Gasteiger partial charge in [-0.25, -0.2) is 0 Å². The average Bonchev–Trinajstić information content (AvgIpc) is 2.28. The summed E-state index contributed by atoms with van der Waals surface area (Å²) in [5, 5.41) is 0. The summed E-state index contributed by atoms with van der Waals surface area (Å²) in [6, 6.07) is 0.736. The lowest BCUT2D eigenvalue weighted by molar-refractivity contribution is -0.162. The Morgan fingerprint density at radius 3 is 2.00 bits per heavy atom. The molecule has 1 rings (SSSR count). The molecule has 0 atom stereocenters. The lowest BCUT2D eigenvalue weighted by Gasteiger charge is -2.17. The van der Waals surface area contributed by atoms with Crippen molar-refractivity contribution < 1.29 is 35.9 Å². The zero-order chi connectivity index (χ0) is 16.4. The number of carbonyl (C=O) groups is 1. The number of ether oxygens (including phenoxy) is 1. The van der Waals surface area contributed by atoms with Gasteiger partial charge in [0.2, 0.25) is 0 Å². The molecule has 9 heteroatoms. The van der Waals surface area contributed by atoms with Gasteiger partial charge in [0.15, 0.2) is 0 Å². The van der Waals surface area contributed by atoms with Gasteiger partial charge in [0.25, 0.3) is 0 Å². The van der Waals surface area contributed by atoms with Gasteiger partial charge in [0, 0.05) is 3.57 Å². The van der Waals surface area contributed by atoms with Crippen LogP contribution in [0.3, 0.4) is 0 Å². The van der Waals surface area contributed by atoms with Crippen molar-refractivity contribution in [3.63, 3.8) is 0 Å². The average molecular weight is 426 g/mol. The molecule has 1 aromatic carbocycles. The fourth-order valence-electron chi connectivity index (χ4n) is 1.59. The van der Waals surface area contributed by atoms with E-state index < -0.39 is 35.9 Å². The Labute approximate surface area is 129 Å². The van der Waals surface area contributed by atoms with E-state index >= 15 is 0 Å². The van der Waals surface area contributed by atoms with Crippen LogP contribution in [0.15, 0.2) is 12.1 Å². The van der Waals surface area contributed by atoms with E-state index in [1.54, 1.807) is 0 Å². The highest BCUT2D eigenvalue weighted by Gasteiger charge is 2.43. The predicted molar refractivity (Wildman–Crippen MR) is 69.5 cm³/mol. The summed E-state index contributed by atoms with van der Waals surface area (Å²) in [7, 11) is 0. The molecule has 0 heterocycles. The molecule has 21 heavy (non-hydrogen) atoms. The summed E-state index contributed by atoms with van der Waals surface area (Å²) in [6.45, 7) is 1.54. The van der Waals surface area contributed by atoms with Crippen LogP contribution in [-0.2, 0) is 28.3 Å². The van der Waals surface area contributed by atoms with Crippen molar-refractivity contribution in [3.05, 3.63) is 32.4 Å². The molecular formula is C12H9F6IO2. The smallest absolute Gasteiger partial charge is 0.417 e. The summed E-state index contributed by atoms with van der Waals surface area (Å²) in [4.78, 5) is 11.3. The largest absolute Gasteiger partial charge is 0.466 e. The van der Waals surface area contributed by atoms with Crippen molar-refractivity contribution in [3.8, 4) is 0 Å². The maximum absolute atomic E-state index is 12.8. The van der Waals surface area contributed by atoms with Crippen molar-refractivity contribution in [2.75, 3.05) is 6.61 Å². The molecule has 118 valence electrons. The summed E-state index contributed by atoms with van der Waals surface area (Å²) >= 11 is 1.46. The third-order valence-electron chi connectivity index (χ3n) is 2.44. The molecule has 0 aliphatic heterocycles. The Kier molecular flexibility index (Phi) is 5.51. The quantitative estimate of drug-likeness (QED) is 0.406. The topological polar surface area (TPSA) is 26.3 Å². The first-order valence-corrected chi connectivity index (χ1v) is 6.67. The van der Waals surface area contributed by atoms with Gasteiger partial charge in [0.1, 0.15) is 0 Å². The number of alkyl halides is 6. The molecule has 0 fully saturated rings. The van der Waals surface area contributed by atoms with Crippen LogP contribution in [0.25, 0.3) is 0 Å². The zero-order valence-corrected chi connectivity index (χ0v) is 12.7. The van der Waals surface area contributed by atoms with Crippen LogP contribution in [0.1, 0.15) is 23.6 Å². The van der Waals surface area contributed by atoms with Crippen LogP contribution in [-0.4, -0.2) is 12.6 Å². The number of hydrogen-bond acceptors (Lipinski definition) is 2. The molecular weight excluding hydrogens is 417 g/mol. The highest BCUT2D eigenvalue weighted by atomic mass is 127. The Balaban J connectivity index is 3.35. The van der Waals surface area contributed by atoms with E-state index in [0.717, 1.165) is 0 Å². The van der Waals surface area contributed by atoms with Crippen molar-refractivity contribution >= 4 is 28.6 Å². The Bertz CT molecular complexity index is 536. The van der Waals surface area contributed by atoms with Crippen LogP contribution in [0.4, 0.5) is 26.3 Å². The summed E-state index contributed by atoms with van der Waals surface area (Å²) < 4.78 is 80.8. The van der Waals surface area contributed by atoms with Gasteiger partial charge in [-0.05, 0) is 47.2 Å². The highest BCUT2D eigenvalue weighted by molar-refractivity contribution is 14.1. The zero-order valence-electron chi connectivity index (χ0n) is 10.5. The Morgan fingerprint density at radius 2 is 1.57 bits per heavy atom.